The number of primary sulfonamides is 1. The van der Waals surface area contributed by atoms with E-state index in [9.17, 15) is 18.0 Å². The molecule has 3 N–H and O–H groups in total. The number of nitrogens with one attached hydrogen (secondary N) is 1. The lowest BCUT2D eigenvalue weighted by molar-refractivity contribution is -0.118. The van der Waals surface area contributed by atoms with Gasteiger partial charge in [0.1, 0.15) is 5.75 Å². The monoisotopic (exact) mass is 612 g/mol. The van der Waals surface area contributed by atoms with Crippen LogP contribution in [0, 0.1) is 0 Å². The summed E-state index contributed by atoms with van der Waals surface area (Å²) in [5, 5.41) is 12.0. The molecule has 0 fully saturated rings. The molecule has 38 heavy (non-hydrogen) atoms. The smallest absolute Gasteiger partial charge is 0.291 e. The Labute approximate surface area is 227 Å². The fourth-order valence-electron chi connectivity index (χ4n) is 3.43. The van der Waals surface area contributed by atoms with E-state index in [1.807, 2.05) is 0 Å². The van der Waals surface area contributed by atoms with E-state index < -0.39 is 15.9 Å². The molecule has 1 amide bonds. The van der Waals surface area contributed by atoms with E-state index in [-0.39, 0.29) is 17.1 Å². The molecule has 2 aromatic carbocycles. The van der Waals surface area contributed by atoms with Crippen LogP contribution in [-0.4, -0.2) is 40.5 Å². The molecule has 0 bridgehead atoms. The summed E-state index contributed by atoms with van der Waals surface area (Å²) in [6.45, 7) is -0.325. The van der Waals surface area contributed by atoms with Crippen LogP contribution in [-0.2, 0) is 14.8 Å². The number of thiazole rings is 1. The van der Waals surface area contributed by atoms with Crippen molar-refractivity contribution in [3.8, 4) is 17.1 Å². The van der Waals surface area contributed by atoms with Crippen molar-refractivity contribution in [2.24, 2.45) is 5.14 Å². The topological polar surface area (TPSA) is 159 Å². The number of carbonyl (C=O) groups excluding carboxylic acids is 1. The molecule has 0 aliphatic rings. The number of aromatic nitrogens is 4. The van der Waals surface area contributed by atoms with Gasteiger partial charge in [0, 0.05) is 33.7 Å². The fraction of sp³-hybridized carbons (Fsp3) is 0.0417. The highest BCUT2D eigenvalue weighted by molar-refractivity contribution is 9.10. The minimum atomic E-state index is -3.83. The van der Waals surface area contributed by atoms with Gasteiger partial charge < -0.3 is 10.1 Å². The van der Waals surface area contributed by atoms with Crippen LogP contribution in [0.3, 0.4) is 0 Å². The number of fused-ring (bicyclic) bond motifs is 1. The molecule has 3 heterocycles. The molecule has 11 nitrogen and oxygen atoms in total. The summed E-state index contributed by atoms with van der Waals surface area (Å²) < 4.78 is 30.9. The van der Waals surface area contributed by atoms with Crippen LogP contribution < -0.4 is 25.3 Å². The van der Waals surface area contributed by atoms with Gasteiger partial charge in [0.25, 0.3) is 11.5 Å². The number of pyridine rings is 1. The van der Waals surface area contributed by atoms with Gasteiger partial charge in [-0.3, -0.25) is 14.6 Å². The maximum absolute atomic E-state index is 13.0. The van der Waals surface area contributed by atoms with Crippen molar-refractivity contribution in [3.05, 3.63) is 91.9 Å². The first-order chi connectivity index (χ1) is 18.2. The molecular weight excluding hydrogens is 596 g/mol. The number of ether oxygens (including phenoxy) is 1. The number of amides is 1. The van der Waals surface area contributed by atoms with Crippen LogP contribution in [0.1, 0.15) is 5.56 Å². The third-order valence-electron chi connectivity index (χ3n) is 5.20. The maximum atomic E-state index is 13.0. The molecule has 3 aromatic heterocycles. The molecule has 5 aromatic rings. The van der Waals surface area contributed by atoms with Gasteiger partial charge in [-0.15, -0.1) is 5.10 Å². The molecule has 0 saturated carbocycles. The molecular formula is C24H17BrN6O5S2. The van der Waals surface area contributed by atoms with E-state index in [0.717, 1.165) is 10.0 Å². The van der Waals surface area contributed by atoms with Gasteiger partial charge in [0.05, 0.1) is 9.43 Å². The molecule has 0 spiro atoms. The molecule has 0 radical (unpaired) electrons. The molecule has 0 aliphatic heterocycles. The largest absolute Gasteiger partial charge is 0.483 e. The van der Waals surface area contributed by atoms with Gasteiger partial charge >= 0.3 is 0 Å². The van der Waals surface area contributed by atoms with E-state index in [0.29, 0.717) is 32.3 Å². The Morgan fingerprint density at radius 3 is 2.55 bits per heavy atom. The number of nitrogens with zero attached hydrogens (tertiary/aromatic N) is 4. The number of carbonyl (C=O) groups is 1. The zero-order valence-electron chi connectivity index (χ0n) is 19.2. The van der Waals surface area contributed by atoms with E-state index >= 15 is 0 Å². The van der Waals surface area contributed by atoms with Gasteiger partial charge in [-0.25, -0.2) is 13.6 Å². The van der Waals surface area contributed by atoms with Crippen LogP contribution in [0.15, 0.2) is 81.2 Å². The lowest BCUT2D eigenvalue weighted by atomic mass is 10.2. The van der Waals surface area contributed by atoms with Gasteiger partial charge in [-0.1, -0.05) is 27.3 Å². The highest BCUT2D eigenvalue weighted by Gasteiger charge is 2.14. The second-order valence-corrected chi connectivity index (χ2v) is 11.4. The van der Waals surface area contributed by atoms with Crippen molar-refractivity contribution in [3.63, 3.8) is 0 Å². The first-order valence-electron chi connectivity index (χ1n) is 10.8. The van der Waals surface area contributed by atoms with E-state index in [1.165, 1.54) is 40.1 Å². The van der Waals surface area contributed by atoms with Crippen LogP contribution in [0.4, 0.5) is 5.69 Å². The fourth-order valence-corrected chi connectivity index (χ4v) is 5.22. The number of anilines is 1. The second-order valence-electron chi connectivity index (χ2n) is 7.87. The summed E-state index contributed by atoms with van der Waals surface area (Å²) in [6.07, 6.45) is 4.90. The Hall–Kier alpha value is -3.98. The number of sulfonamides is 1. The quantitative estimate of drug-likeness (QED) is 0.283. The van der Waals surface area contributed by atoms with Gasteiger partial charge in [-0.2, -0.15) is 9.50 Å². The minimum Gasteiger partial charge on any atom is -0.483 e. The van der Waals surface area contributed by atoms with Crippen LogP contribution in [0.25, 0.3) is 22.4 Å². The summed E-state index contributed by atoms with van der Waals surface area (Å²) in [4.78, 5) is 34.2. The summed E-state index contributed by atoms with van der Waals surface area (Å²) >= 11 is 4.60. The van der Waals surface area contributed by atoms with E-state index in [1.54, 1.807) is 48.8 Å². The SMILES string of the molecule is NS(=O)(=O)c1ccc(NC(=O)COc2ccc(Br)cc2/C=c2\sc3nc(-c4ccncc4)nn3c2=O)cc1. The molecule has 5 rings (SSSR count). The van der Waals surface area contributed by atoms with Crippen LogP contribution in [0.5, 0.6) is 5.75 Å². The second kappa shape index (κ2) is 10.4. The normalized spacial score (nSPS) is 12.1. The number of hydrogen-bond acceptors (Lipinski definition) is 9. The van der Waals surface area contributed by atoms with Crippen molar-refractivity contribution < 1.29 is 17.9 Å². The Bertz CT molecular complexity index is 1870. The first kappa shape index (κ1) is 25.7. The standard InChI is InChI=1S/C24H17BrN6O5S2/c25-16-1-6-19(36-13-21(32)28-17-2-4-18(5-3-17)38(26,34)35)15(11-16)12-20-23(33)31-24(37-20)29-22(30-31)14-7-9-27-10-8-14/h1-12H,13H2,(H,28,32)(H2,26,34,35)/b20-12-. The lowest BCUT2D eigenvalue weighted by Gasteiger charge is -2.10. The average Bonchev–Trinajstić information content (AvgIpc) is 3.43. The molecule has 0 saturated heterocycles. The number of nitrogens with two attached hydrogens (primary N) is 1. The third kappa shape index (κ3) is 5.62. The number of rotatable bonds is 7. The summed E-state index contributed by atoms with van der Waals surface area (Å²) in [5.74, 6) is 0.344. The highest BCUT2D eigenvalue weighted by Crippen LogP contribution is 2.24. The van der Waals surface area contributed by atoms with Crippen molar-refractivity contribution in [2.45, 2.75) is 4.90 Å². The average molecular weight is 613 g/mol. The molecule has 0 atom stereocenters. The lowest BCUT2D eigenvalue weighted by Crippen LogP contribution is -2.24. The zero-order chi connectivity index (χ0) is 26.9. The number of benzene rings is 2. The van der Waals surface area contributed by atoms with Gasteiger partial charge in [0.2, 0.25) is 15.0 Å². The number of halogens is 1. The molecule has 0 aliphatic carbocycles. The van der Waals surface area contributed by atoms with E-state index in [4.69, 9.17) is 9.88 Å². The van der Waals surface area contributed by atoms with Crippen LogP contribution >= 0.6 is 27.3 Å². The Balaban J connectivity index is 1.35. The van der Waals surface area contributed by atoms with Crippen molar-refractivity contribution in [1.29, 1.82) is 0 Å². The summed E-state index contributed by atoms with van der Waals surface area (Å²) in [7, 11) is -3.83. The Morgan fingerprint density at radius 2 is 1.87 bits per heavy atom. The molecule has 14 heteroatoms. The molecule has 192 valence electrons. The zero-order valence-corrected chi connectivity index (χ0v) is 22.5. The summed E-state index contributed by atoms with van der Waals surface area (Å²) in [5.41, 5.74) is 1.37. The van der Waals surface area contributed by atoms with Crippen molar-refractivity contribution in [2.75, 3.05) is 11.9 Å². The Kier molecular flexibility index (Phi) is 7.03. The predicted molar refractivity (Wildman–Crippen MR) is 145 cm³/mol. The van der Waals surface area contributed by atoms with Crippen molar-refractivity contribution >= 4 is 59.9 Å². The third-order valence-corrected chi connectivity index (χ3v) is 7.59. The van der Waals surface area contributed by atoms with Crippen molar-refractivity contribution in [1.82, 2.24) is 19.6 Å². The maximum Gasteiger partial charge on any atom is 0.291 e. The molecule has 0 unspecified atom stereocenters. The van der Waals surface area contributed by atoms with Crippen LogP contribution in [0.2, 0.25) is 0 Å². The predicted octanol–water partition coefficient (Wildman–Crippen LogP) is 2.19. The summed E-state index contributed by atoms with van der Waals surface area (Å²) in [6, 6.07) is 14.1. The Morgan fingerprint density at radius 1 is 1.13 bits per heavy atom. The number of hydrogen-bond donors (Lipinski definition) is 2. The van der Waals surface area contributed by atoms with E-state index in [2.05, 4.69) is 36.3 Å². The first-order valence-corrected chi connectivity index (χ1v) is 14.0. The minimum absolute atomic E-state index is 0.0654. The highest BCUT2D eigenvalue weighted by atomic mass is 79.9. The van der Waals surface area contributed by atoms with Gasteiger partial charge in [0.15, 0.2) is 12.4 Å². The van der Waals surface area contributed by atoms with Gasteiger partial charge in [-0.05, 0) is 60.7 Å².